The molecule has 1 aromatic rings. The van der Waals surface area contributed by atoms with Gasteiger partial charge in [-0.15, -0.1) is 0 Å². The van der Waals surface area contributed by atoms with E-state index in [0.29, 0.717) is 0 Å². The molecule has 3 heterocycles. The molecule has 0 amide bonds. The van der Waals surface area contributed by atoms with Gasteiger partial charge in [0.2, 0.25) is 0 Å². The molecule has 2 aliphatic rings. The zero-order chi connectivity index (χ0) is 13.4. The fraction of sp³-hybridized carbons (Fsp3) is 0.786. The maximum Gasteiger partial charge on any atom is 0.131 e. The molecule has 1 N–H and O–H groups in total. The number of rotatable bonds is 3. The van der Waals surface area contributed by atoms with Gasteiger partial charge in [-0.25, -0.2) is 0 Å². The topological polar surface area (TPSA) is 36.3 Å². The van der Waals surface area contributed by atoms with Crippen molar-refractivity contribution in [2.75, 3.05) is 38.1 Å². The molecule has 0 aromatic carbocycles. The SMILES string of the molecule is CNCc1c(C)nn(C)c1N1CCN2CCCC2C1. The van der Waals surface area contributed by atoms with E-state index in [0.717, 1.165) is 31.4 Å². The Morgan fingerprint density at radius 1 is 1.32 bits per heavy atom. The first-order valence-electron chi connectivity index (χ1n) is 7.36. The van der Waals surface area contributed by atoms with Crippen molar-refractivity contribution in [1.29, 1.82) is 0 Å². The van der Waals surface area contributed by atoms with E-state index >= 15 is 0 Å². The maximum absolute atomic E-state index is 4.61. The summed E-state index contributed by atoms with van der Waals surface area (Å²) in [6.45, 7) is 7.81. The van der Waals surface area contributed by atoms with E-state index in [9.17, 15) is 0 Å². The first kappa shape index (κ1) is 12.9. The van der Waals surface area contributed by atoms with Gasteiger partial charge in [-0.05, 0) is 33.4 Å². The van der Waals surface area contributed by atoms with Crippen LogP contribution in [0.4, 0.5) is 5.82 Å². The molecule has 5 heteroatoms. The third-order valence-electron chi connectivity index (χ3n) is 4.55. The Bertz CT molecular complexity index is 453. The summed E-state index contributed by atoms with van der Waals surface area (Å²) in [5.74, 6) is 1.32. The van der Waals surface area contributed by atoms with E-state index in [-0.39, 0.29) is 0 Å². The largest absolute Gasteiger partial charge is 0.354 e. The molecule has 5 nitrogen and oxygen atoms in total. The van der Waals surface area contributed by atoms with Crippen LogP contribution in [0.1, 0.15) is 24.1 Å². The minimum atomic E-state index is 0.756. The number of nitrogens with one attached hydrogen (secondary N) is 1. The number of aromatic nitrogens is 2. The van der Waals surface area contributed by atoms with Crippen molar-refractivity contribution < 1.29 is 0 Å². The zero-order valence-corrected chi connectivity index (χ0v) is 12.3. The highest BCUT2D eigenvalue weighted by Gasteiger charge is 2.32. The average Bonchev–Trinajstić information content (AvgIpc) is 2.94. The average molecular weight is 263 g/mol. The highest BCUT2D eigenvalue weighted by molar-refractivity contribution is 5.51. The minimum absolute atomic E-state index is 0.756. The van der Waals surface area contributed by atoms with Gasteiger partial charge in [0.25, 0.3) is 0 Å². The lowest BCUT2D eigenvalue weighted by Crippen LogP contribution is -2.51. The van der Waals surface area contributed by atoms with Gasteiger partial charge in [0.1, 0.15) is 5.82 Å². The first-order chi connectivity index (χ1) is 9.20. The second-order valence-electron chi connectivity index (χ2n) is 5.82. The van der Waals surface area contributed by atoms with Crippen molar-refractivity contribution in [1.82, 2.24) is 20.0 Å². The summed E-state index contributed by atoms with van der Waals surface area (Å²) in [4.78, 5) is 5.19. The molecule has 3 rings (SSSR count). The third kappa shape index (κ3) is 2.25. The molecular weight excluding hydrogens is 238 g/mol. The predicted molar refractivity (Wildman–Crippen MR) is 77.5 cm³/mol. The summed E-state index contributed by atoms with van der Waals surface area (Å²) < 4.78 is 2.06. The zero-order valence-electron chi connectivity index (χ0n) is 12.3. The van der Waals surface area contributed by atoms with Crippen LogP contribution in [0.2, 0.25) is 0 Å². The summed E-state index contributed by atoms with van der Waals surface area (Å²) >= 11 is 0. The van der Waals surface area contributed by atoms with Crippen molar-refractivity contribution >= 4 is 5.82 Å². The van der Waals surface area contributed by atoms with Gasteiger partial charge in [0.15, 0.2) is 0 Å². The van der Waals surface area contributed by atoms with Crippen LogP contribution in [0.5, 0.6) is 0 Å². The van der Waals surface area contributed by atoms with E-state index in [1.807, 2.05) is 7.05 Å². The molecule has 2 fully saturated rings. The van der Waals surface area contributed by atoms with Crippen LogP contribution in [-0.4, -0.2) is 53.9 Å². The predicted octanol–water partition coefficient (Wildman–Crippen LogP) is 0.732. The number of piperazine rings is 1. The van der Waals surface area contributed by atoms with Crippen molar-refractivity contribution in [3.05, 3.63) is 11.3 Å². The summed E-state index contributed by atoms with van der Waals surface area (Å²) in [7, 11) is 4.08. The summed E-state index contributed by atoms with van der Waals surface area (Å²) in [6, 6.07) is 0.756. The van der Waals surface area contributed by atoms with E-state index in [2.05, 4.69) is 38.9 Å². The lowest BCUT2D eigenvalue weighted by atomic mass is 10.1. The molecule has 2 saturated heterocycles. The highest BCUT2D eigenvalue weighted by Crippen LogP contribution is 2.28. The van der Waals surface area contributed by atoms with Gasteiger partial charge in [-0.3, -0.25) is 9.58 Å². The number of nitrogens with zero attached hydrogens (tertiary/aromatic N) is 4. The van der Waals surface area contributed by atoms with E-state index in [1.54, 1.807) is 0 Å². The number of hydrogen-bond acceptors (Lipinski definition) is 4. The van der Waals surface area contributed by atoms with E-state index in [1.165, 1.54) is 37.3 Å². The smallest absolute Gasteiger partial charge is 0.131 e. The molecule has 2 aliphatic heterocycles. The fourth-order valence-corrected chi connectivity index (χ4v) is 3.65. The van der Waals surface area contributed by atoms with Gasteiger partial charge < -0.3 is 10.2 Å². The Kier molecular flexibility index (Phi) is 3.50. The first-order valence-corrected chi connectivity index (χ1v) is 7.36. The van der Waals surface area contributed by atoms with Crippen molar-refractivity contribution in [3.8, 4) is 0 Å². The van der Waals surface area contributed by atoms with E-state index < -0.39 is 0 Å². The van der Waals surface area contributed by atoms with Crippen LogP contribution in [0.15, 0.2) is 0 Å². The quantitative estimate of drug-likeness (QED) is 0.872. The Labute approximate surface area is 115 Å². The van der Waals surface area contributed by atoms with Gasteiger partial charge in [-0.2, -0.15) is 5.10 Å². The third-order valence-corrected chi connectivity index (χ3v) is 4.55. The second kappa shape index (κ2) is 5.13. The van der Waals surface area contributed by atoms with Crippen molar-refractivity contribution in [2.24, 2.45) is 7.05 Å². The Hall–Kier alpha value is -1.07. The number of anilines is 1. The van der Waals surface area contributed by atoms with Gasteiger partial charge in [0.05, 0.1) is 5.69 Å². The minimum Gasteiger partial charge on any atom is -0.354 e. The van der Waals surface area contributed by atoms with Crippen LogP contribution in [-0.2, 0) is 13.6 Å². The van der Waals surface area contributed by atoms with Gasteiger partial charge in [0, 0.05) is 44.8 Å². The molecule has 0 bridgehead atoms. The fourth-order valence-electron chi connectivity index (χ4n) is 3.65. The van der Waals surface area contributed by atoms with Crippen LogP contribution < -0.4 is 10.2 Å². The lowest BCUT2D eigenvalue weighted by molar-refractivity contribution is 0.229. The molecule has 1 aromatic heterocycles. The normalized spacial score (nSPS) is 23.9. The molecule has 106 valence electrons. The number of aryl methyl sites for hydroxylation is 2. The van der Waals surface area contributed by atoms with Crippen molar-refractivity contribution in [3.63, 3.8) is 0 Å². The lowest BCUT2D eigenvalue weighted by Gasteiger charge is -2.39. The van der Waals surface area contributed by atoms with Gasteiger partial charge >= 0.3 is 0 Å². The standard InChI is InChI=1S/C14H25N5/c1-11-13(9-15-2)14(17(3)16-11)19-8-7-18-6-4-5-12(18)10-19/h12,15H,4-10H2,1-3H3. The molecule has 0 spiro atoms. The Morgan fingerprint density at radius 3 is 2.95 bits per heavy atom. The molecule has 0 aliphatic carbocycles. The summed E-state index contributed by atoms with van der Waals surface area (Å²) in [6.07, 6.45) is 2.72. The van der Waals surface area contributed by atoms with Crippen LogP contribution in [0, 0.1) is 6.92 Å². The molecule has 0 radical (unpaired) electrons. The van der Waals surface area contributed by atoms with Crippen LogP contribution >= 0.6 is 0 Å². The maximum atomic E-state index is 4.61. The van der Waals surface area contributed by atoms with Crippen LogP contribution in [0.3, 0.4) is 0 Å². The van der Waals surface area contributed by atoms with Gasteiger partial charge in [-0.1, -0.05) is 0 Å². The Morgan fingerprint density at radius 2 is 2.16 bits per heavy atom. The molecule has 19 heavy (non-hydrogen) atoms. The summed E-state index contributed by atoms with van der Waals surface area (Å²) in [5.41, 5.74) is 2.51. The molecular formula is C14H25N5. The number of hydrogen-bond donors (Lipinski definition) is 1. The second-order valence-corrected chi connectivity index (χ2v) is 5.82. The molecule has 1 unspecified atom stereocenters. The summed E-state index contributed by atoms with van der Waals surface area (Å²) in [5, 5.41) is 7.89. The monoisotopic (exact) mass is 263 g/mol. The highest BCUT2D eigenvalue weighted by atomic mass is 15.4. The van der Waals surface area contributed by atoms with Crippen molar-refractivity contribution in [2.45, 2.75) is 32.4 Å². The Balaban J connectivity index is 1.85. The molecule has 0 saturated carbocycles. The van der Waals surface area contributed by atoms with E-state index in [4.69, 9.17) is 0 Å². The molecule has 1 atom stereocenters. The number of fused-ring (bicyclic) bond motifs is 1. The van der Waals surface area contributed by atoms with Crippen LogP contribution in [0.25, 0.3) is 0 Å².